The monoisotopic (exact) mass is 352 g/mol. The average molecular weight is 352 g/mol. The van der Waals surface area contributed by atoms with E-state index in [4.69, 9.17) is 15.2 Å². The number of hydrazine groups is 1. The van der Waals surface area contributed by atoms with Crippen molar-refractivity contribution in [1.82, 2.24) is 20.4 Å². The molecule has 0 aliphatic heterocycles. The van der Waals surface area contributed by atoms with Crippen LogP contribution < -0.4 is 26.1 Å². The van der Waals surface area contributed by atoms with Crippen LogP contribution in [0.3, 0.4) is 0 Å². The van der Waals surface area contributed by atoms with Crippen molar-refractivity contribution in [2.45, 2.75) is 0 Å². The summed E-state index contributed by atoms with van der Waals surface area (Å²) in [5.41, 5.74) is 11.7. The van der Waals surface area contributed by atoms with E-state index in [1.54, 1.807) is 36.5 Å². The smallest absolute Gasteiger partial charge is 0.271 e. The minimum atomic E-state index is -0.386. The highest BCUT2D eigenvalue weighted by molar-refractivity contribution is 5.94. The first-order chi connectivity index (χ1) is 12.7. The molecule has 0 atom stereocenters. The number of rotatable bonds is 6. The van der Waals surface area contributed by atoms with Crippen LogP contribution in [0.5, 0.6) is 17.4 Å². The van der Waals surface area contributed by atoms with E-state index in [-0.39, 0.29) is 23.3 Å². The van der Waals surface area contributed by atoms with Crippen LogP contribution in [0.1, 0.15) is 10.4 Å². The number of nitrogens with one attached hydrogen (secondary N) is 2. The summed E-state index contributed by atoms with van der Waals surface area (Å²) in [6.07, 6.45) is 4.28. The Morgan fingerprint density at radius 2 is 1.92 bits per heavy atom. The van der Waals surface area contributed by atoms with Crippen molar-refractivity contribution >= 4 is 17.4 Å². The molecule has 0 saturated heterocycles. The number of anilines is 2. The van der Waals surface area contributed by atoms with E-state index in [0.29, 0.717) is 17.1 Å². The summed E-state index contributed by atoms with van der Waals surface area (Å²) < 4.78 is 10.9. The zero-order valence-corrected chi connectivity index (χ0v) is 13.8. The second-order valence-electron chi connectivity index (χ2n) is 5.01. The van der Waals surface area contributed by atoms with Gasteiger partial charge in [0.15, 0.2) is 17.3 Å². The molecule has 2 heterocycles. The molecule has 1 amide bonds. The van der Waals surface area contributed by atoms with Crippen LogP contribution in [0.2, 0.25) is 0 Å². The maximum atomic E-state index is 12.0. The van der Waals surface area contributed by atoms with E-state index in [1.165, 1.54) is 19.6 Å². The Hall–Kier alpha value is -3.88. The molecule has 3 aromatic rings. The largest absolute Gasteiger partial charge is 0.493 e. The lowest BCUT2D eigenvalue weighted by atomic mass is 10.3. The first-order valence-corrected chi connectivity index (χ1v) is 7.56. The van der Waals surface area contributed by atoms with Gasteiger partial charge in [-0.05, 0) is 24.3 Å². The van der Waals surface area contributed by atoms with Gasteiger partial charge in [-0.25, -0.2) is 4.98 Å². The predicted octanol–water partition coefficient (Wildman–Crippen LogP) is 2.01. The third-order valence-corrected chi connectivity index (χ3v) is 3.34. The molecule has 0 fully saturated rings. The first-order valence-electron chi connectivity index (χ1n) is 7.56. The molecule has 2 aromatic heterocycles. The molecular weight excluding hydrogens is 336 g/mol. The standard InChI is InChI=1S/C17H16N6O3/c1-25-12-6-2-3-7-13(12)26-17-14(18)15(20-10-21-17)22-23-16(24)11-5-4-8-19-9-11/h2-10H,18H2,1H3,(H,23,24)(H,20,21,22). The van der Waals surface area contributed by atoms with E-state index < -0.39 is 0 Å². The number of benzene rings is 1. The highest BCUT2D eigenvalue weighted by Gasteiger charge is 2.13. The summed E-state index contributed by atoms with van der Waals surface area (Å²) in [6.45, 7) is 0. The van der Waals surface area contributed by atoms with Gasteiger partial charge in [0.1, 0.15) is 12.0 Å². The zero-order chi connectivity index (χ0) is 18.4. The Bertz CT molecular complexity index is 904. The van der Waals surface area contributed by atoms with Crippen LogP contribution in [-0.2, 0) is 0 Å². The second-order valence-corrected chi connectivity index (χ2v) is 5.01. The van der Waals surface area contributed by atoms with E-state index >= 15 is 0 Å². The maximum Gasteiger partial charge on any atom is 0.271 e. The number of carbonyl (C=O) groups excluding carboxylic acids is 1. The Morgan fingerprint density at radius 3 is 2.65 bits per heavy atom. The first kappa shape index (κ1) is 17.0. The predicted molar refractivity (Wildman–Crippen MR) is 94.8 cm³/mol. The van der Waals surface area contributed by atoms with Crippen LogP contribution in [0.25, 0.3) is 0 Å². The van der Waals surface area contributed by atoms with Crippen LogP contribution in [-0.4, -0.2) is 28.0 Å². The third-order valence-electron chi connectivity index (χ3n) is 3.34. The quantitative estimate of drug-likeness (QED) is 0.576. The van der Waals surface area contributed by atoms with Crippen LogP contribution >= 0.6 is 0 Å². The number of para-hydroxylation sites is 2. The Labute approximate surface area is 149 Å². The van der Waals surface area contributed by atoms with Gasteiger partial charge in [0, 0.05) is 12.4 Å². The molecule has 3 rings (SSSR count). The van der Waals surface area contributed by atoms with Crippen molar-refractivity contribution in [2.75, 3.05) is 18.3 Å². The Balaban J connectivity index is 1.74. The minimum Gasteiger partial charge on any atom is -0.493 e. The number of nitrogen functional groups attached to an aromatic ring is 1. The molecule has 9 nitrogen and oxygen atoms in total. The molecule has 0 saturated carbocycles. The Morgan fingerprint density at radius 1 is 1.12 bits per heavy atom. The van der Waals surface area contributed by atoms with Crippen molar-refractivity contribution in [2.24, 2.45) is 0 Å². The van der Waals surface area contributed by atoms with E-state index in [2.05, 4.69) is 25.8 Å². The molecule has 132 valence electrons. The SMILES string of the molecule is COc1ccccc1Oc1ncnc(NNC(=O)c2cccnc2)c1N. The number of hydrogen-bond donors (Lipinski definition) is 3. The highest BCUT2D eigenvalue weighted by atomic mass is 16.5. The Kier molecular flexibility index (Phi) is 5.08. The average Bonchev–Trinajstić information content (AvgIpc) is 2.69. The number of aromatic nitrogens is 3. The fourth-order valence-electron chi connectivity index (χ4n) is 2.05. The van der Waals surface area contributed by atoms with Crippen molar-refractivity contribution in [3.8, 4) is 17.4 Å². The number of amides is 1. The molecule has 0 unspecified atom stereocenters. The number of pyridine rings is 1. The maximum absolute atomic E-state index is 12.0. The molecule has 0 bridgehead atoms. The molecule has 0 aliphatic carbocycles. The summed E-state index contributed by atoms with van der Waals surface area (Å²) in [6, 6.07) is 10.4. The van der Waals surface area contributed by atoms with Gasteiger partial charge in [0.05, 0.1) is 12.7 Å². The van der Waals surface area contributed by atoms with Gasteiger partial charge in [0.2, 0.25) is 5.88 Å². The van der Waals surface area contributed by atoms with Crippen molar-refractivity contribution in [1.29, 1.82) is 0 Å². The van der Waals surface area contributed by atoms with Gasteiger partial charge in [-0.3, -0.25) is 20.6 Å². The third kappa shape index (κ3) is 3.78. The lowest BCUT2D eigenvalue weighted by molar-refractivity contribution is 0.0962. The molecule has 26 heavy (non-hydrogen) atoms. The summed E-state index contributed by atoms with van der Waals surface area (Å²) in [7, 11) is 1.53. The normalized spacial score (nSPS) is 10.0. The van der Waals surface area contributed by atoms with Gasteiger partial charge in [0.25, 0.3) is 5.91 Å². The van der Waals surface area contributed by atoms with Gasteiger partial charge in [-0.1, -0.05) is 12.1 Å². The van der Waals surface area contributed by atoms with Gasteiger partial charge in [-0.15, -0.1) is 0 Å². The summed E-state index contributed by atoms with van der Waals surface area (Å²) in [4.78, 5) is 23.9. The van der Waals surface area contributed by atoms with E-state index in [1.807, 2.05) is 6.07 Å². The van der Waals surface area contributed by atoms with Crippen molar-refractivity contribution < 1.29 is 14.3 Å². The van der Waals surface area contributed by atoms with Crippen LogP contribution in [0.15, 0.2) is 55.1 Å². The topological polar surface area (TPSA) is 124 Å². The van der Waals surface area contributed by atoms with E-state index in [9.17, 15) is 4.79 Å². The number of hydrogen-bond acceptors (Lipinski definition) is 8. The second kappa shape index (κ2) is 7.79. The molecule has 9 heteroatoms. The van der Waals surface area contributed by atoms with Gasteiger partial charge in [-0.2, -0.15) is 4.98 Å². The fraction of sp³-hybridized carbons (Fsp3) is 0.0588. The molecule has 0 spiro atoms. The number of ether oxygens (including phenoxy) is 2. The molecule has 4 N–H and O–H groups in total. The van der Waals surface area contributed by atoms with Crippen molar-refractivity contribution in [3.05, 3.63) is 60.7 Å². The van der Waals surface area contributed by atoms with Crippen LogP contribution in [0, 0.1) is 0 Å². The van der Waals surface area contributed by atoms with Gasteiger partial charge < -0.3 is 15.2 Å². The summed E-state index contributed by atoms with van der Waals surface area (Å²) in [5, 5.41) is 0. The molecule has 0 aliphatic rings. The lowest BCUT2D eigenvalue weighted by Gasteiger charge is -2.13. The fourth-order valence-corrected chi connectivity index (χ4v) is 2.05. The minimum absolute atomic E-state index is 0.127. The number of carbonyl (C=O) groups is 1. The molecular formula is C17H16N6O3. The highest BCUT2D eigenvalue weighted by Crippen LogP contribution is 2.34. The van der Waals surface area contributed by atoms with Gasteiger partial charge >= 0.3 is 0 Å². The summed E-state index contributed by atoms with van der Waals surface area (Å²) in [5.74, 6) is 0.920. The van der Waals surface area contributed by atoms with E-state index in [0.717, 1.165) is 0 Å². The van der Waals surface area contributed by atoms with Crippen LogP contribution in [0.4, 0.5) is 11.5 Å². The summed E-state index contributed by atoms with van der Waals surface area (Å²) >= 11 is 0. The number of nitrogens with two attached hydrogens (primary N) is 1. The molecule has 1 aromatic carbocycles. The lowest BCUT2D eigenvalue weighted by Crippen LogP contribution is -2.30. The number of nitrogens with zero attached hydrogens (tertiary/aromatic N) is 3. The zero-order valence-electron chi connectivity index (χ0n) is 13.8. The molecule has 0 radical (unpaired) electrons. The number of methoxy groups -OCH3 is 1. The van der Waals surface area contributed by atoms with Crippen molar-refractivity contribution in [3.63, 3.8) is 0 Å².